The number of carbonyl (C=O) groups is 1. The smallest absolute Gasteiger partial charge is 0.475 e. The van der Waals surface area contributed by atoms with Gasteiger partial charge in [0.2, 0.25) is 6.29 Å². The van der Waals surface area contributed by atoms with Crippen LogP contribution >= 0.6 is 7.82 Å². The van der Waals surface area contributed by atoms with Gasteiger partial charge in [0, 0.05) is 18.8 Å². The molecule has 2 unspecified atom stereocenters. The summed E-state index contributed by atoms with van der Waals surface area (Å²) in [7, 11) is 1.48. The van der Waals surface area contributed by atoms with Crippen molar-refractivity contribution in [2.24, 2.45) is 0 Å². The summed E-state index contributed by atoms with van der Waals surface area (Å²) >= 11 is 0. The number of ether oxygens (including phenoxy) is 1. The molecule has 1 aromatic heterocycles. The summed E-state index contributed by atoms with van der Waals surface area (Å²) < 4.78 is 28.6. The zero-order chi connectivity index (χ0) is 17.5. The molecule has 0 radical (unpaired) electrons. The van der Waals surface area contributed by atoms with Gasteiger partial charge in [0.15, 0.2) is 0 Å². The fourth-order valence-corrected chi connectivity index (χ4v) is 2.34. The number of phosphoric acid groups is 1. The van der Waals surface area contributed by atoms with Gasteiger partial charge in [-0.3, -0.25) is 4.52 Å². The van der Waals surface area contributed by atoms with Gasteiger partial charge in [-0.1, -0.05) is 13.3 Å². The molecule has 2 N–H and O–H groups in total. The van der Waals surface area contributed by atoms with Crippen molar-refractivity contribution < 1.29 is 38.0 Å². The summed E-state index contributed by atoms with van der Waals surface area (Å²) in [6.45, 7) is 2.41. The summed E-state index contributed by atoms with van der Waals surface area (Å²) in [6.07, 6.45) is 3.04. The van der Waals surface area contributed by atoms with Crippen molar-refractivity contribution in [3.63, 3.8) is 0 Å². The van der Waals surface area contributed by atoms with Gasteiger partial charge in [-0.25, -0.2) is 23.4 Å². The third kappa shape index (κ3) is 9.11. The number of hydrogen-bond acceptors (Lipinski definition) is 7. The third-order valence-corrected chi connectivity index (χ3v) is 3.75. The molecule has 0 saturated heterocycles. The Labute approximate surface area is 141 Å². The van der Waals surface area contributed by atoms with Crippen molar-refractivity contribution in [1.29, 1.82) is 0 Å². The maximum absolute atomic E-state index is 11.9. The Morgan fingerprint density at radius 1 is 1.42 bits per heavy atom. The monoisotopic (exact) mass is 367 g/mol. The highest BCUT2D eigenvalue weighted by molar-refractivity contribution is 7.47. The number of carbonyl (C=O) groups excluding carboxylic acids is 1. The Balaban J connectivity index is 0.00000529. The van der Waals surface area contributed by atoms with Gasteiger partial charge < -0.3 is 19.6 Å². The fourth-order valence-electron chi connectivity index (χ4n) is 1.52. The lowest BCUT2D eigenvalue weighted by Crippen LogP contribution is -2.37. The molecule has 24 heavy (non-hydrogen) atoms. The molecule has 11 heteroatoms. The van der Waals surface area contributed by atoms with Crippen LogP contribution in [0.5, 0.6) is 0 Å². The van der Waals surface area contributed by atoms with Gasteiger partial charge in [-0.15, -0.1) is 0 Å². The minimum Gasteiger partial charge on any atom is -0.870 e. The SMILES string of the molecule is CCCC(OC(=O)n1ccnc1)OP(=O)(O)OCC[N+](C)(C)C.[OH-]. The molecule has 0 aliphatic carbocycles. The van der Waals surface area contributed by atoms with Gasteiger partial charge in [-0.2, -0.15) is 0 Å². The molecule has 0 aromatic carbocycles. The molecule has 1 aromatic rings. The number of quaternary nitrogens is 1. The molecule has 0 bridgehead atoms. The van der Waals surface area contributed by atoms with Gasteiger partial charge in [0.25, 0.3) is 0 Å². The summed E-state index contributed by atoms with van der Waals surface area (Å²) in [5.74, 6) is 0. The van der Waals surface area contributed by atoms with Gasteiger partial charge in [0.1, 0.15) is 19.5 Å². The number of nitrogens with zero attached hydrogens (tertiary/aromatic N) is 3. The summed E-state index contributed by atoms with van der Waals surface area (Å²) in [5, 5.41) is 0. The zero-order valence-corrected chi connectivity index (χ0v) is 15.3. The molecule has 0 saturated carbocycles. The first-order chi connectivity index (χ1) is 10.6. The number of phosphoric ester groups is 1. The topological polar surface area (TPSA) is 130 Å². The van der Waals surface area contributed by atoms with Crippen molar-refractivity contribution in [2.75, 3.05) is 34.3 Å². The second-order valence-electron chi connectivity index (χ2n) is 5.99. The summed E-state index contributed by atoms with van der Waals surface area (Å²) in [5.41, 5.74) is 0. The van der Waals surface area contributed by atoms with E-state index >= 15 is 0 Å². The molecular weight excluding hydrogens is 341 g/mol. The maximum atomic E-state index is 11.9. The molecule has 0 spiro atoms. The van der Waals surface area contributed by atoms with Crippen LogP contribution in [0.1, 0.15) is 19.8 Å². The first-order valence-electron chi connectivity index (χ1n) is 7.28. The lowest BCUT2D eigenvalue weighted by Gasteiger charge is -2.25. The van der Waals surface area contributed by atoms with Crippen LogP contribution in [0, 0.1) is 0 Å². The molecule has 140 valence electrons. The van der Waals surface area contributed by atoms with E-state index in [1.165, 1.54) is 18.7 Å². The van der Waals surface area contributed by atoms with Gasteiger partial charge in [0.05, 0.1) is 21.1 Å². The highest BCUT2D eigenvalue weighted by Crippen LogP contribution is 2.45. The predicted octanol–water partition coefficient (Wildman–Crippen LogP) is 1.66. The average molecular weight is 367 g/mol. The van der Waals surface area contributed by atoms with Crippen LogP contribution < -0.4 is 0 Å². The molecule has 2 atom stereocenters. The quantitative estimate of drug-likeness (QED) is 0.396. The van der Waals surface area contributed by atoms with Gasteiger partial charge >= 0.3 is 13.9 Å². The third-order valence-electron chi connectivity index (χ3n) is 2.74. The Bertz CT molecular complexity index is 530. The average Bonchev–Trinajstić information content (AvgIpc) is 2.90. The van der Waals surface area contributed by atoms with Crippen molar-refractivity contribution in [3.8, 4) is 0 Å². The predicted molar refractivity (Wildman–Crippen MR) is 84.5 cm³/mol. The first-order valence-corrected chi connectivity index (χ1v) is 8.77. The zero-order valence-electron chi connectivity index (χ0n) is 14.4. The molecule has 0 aliphatic rings. The van der Waals surface area contributed by atoms with E-state index in [0.717, 1.165) is 4.57 Å². The van der Waals surface area contributed by atoms with Crippen molar-refractivity contribution in [2.45, 2.75) is 26.1 Å². The van der Waals surface area contributed by atoms with Crippen LogP contribution in [0.3, 0.4) is 0 Å². The lowest BCUT2D eigenvalue weighted by atomic mass is 10.3. The Kier molecular flexibility index (Phi) is 9.34. The van der Waals surface area contributed by atoms with Crippen LogP contribution in [-0.2, 0) is 18.3 Å². The van der Waals surface area contributed by atoms with E-state index in [9.17, 15) is 14.3 Å². The molecule has 0 amide bonds. The Hall–Kier alpha value is -1.29. The van der Waals surface area contributed by atoms with E-state index in [1.807, 2.05) is 28.1 Å². The summed E-state index contributed by atoms with van der Waals surface area (Å²) in [6, 6.07) is 0. The number of hydrogen-bond donors (Lipinski definition) is 1. The number of rotatable bonds is 9. The number of imidazole rings is 1. The van der Waals surface area contributed by atoms with Crippen LogP contribution in [0.15, 0.2) is 18.7 Å². The number of aromatic nitrogens is 2. The van der Waals surface area contributed by atoms with E-state index in [1.54, 1.807) is 0 Å². The van der Waals surface area contributed by atoms with E-state index in [0.29, 0.717) is 17.4 Å². The summed E-state index contributed by atoms with van der Waals surface area (Å²) in [4.78, 5) is 25.3. The van der Waals surface area contributed by atoms with E-state index in [2.05, 4.69) is 4.98 Å². The number of likely N-dealkylation sites (N-methyl/N-ethyl adjacent to an activating group) is 1. The van der Waals surface area contributed by atoms with Crippen LogP contribution in [0.2, 0.25) is 0 Å². The molecule has 1 heterocycles. The largest absolute Gasteiger partial charge is 0.870 e. The maximum Gasteiger partial charge on any atom is 0.475 e. The van der Waals surface area contributed by atoms with E-state index in [-0.39, 0.29) is 18.5 Å². The lowest BCUT2D eigenvalue weighted by molar-refractivity contribution is -0.870. The van der Waals surface area contributed by atoms with Crippen molar-refractivity contribution in [3.05, 3.63) is 18.7 Å². The second kappa shape index (κ2) is 9.87. The van der Waals surface area contributed by atoms with Gasteiger partial charge in [-0.05, 0) is 0 Å². The molecule has 1 rings (SSSR count). The van der Waals surface area contributed by atoms with Crippen molar-refractivity contribution >= 4 is 13.9 Å². The highest BCUT2D eigenvalue weighted by atomic mass is 31.2. The van der Waals surface area contributed by atoms with E-state index in [4.69, 9.17) is 13.8 Å². The molecule has 0 aliphatic heterocycles. The highest BCUT2D eigenvalue weighted by Gasteiger charge is 2.29. The van der Waals surface area contributed by atoms with Crippen LogP contribution in [0.4, 0.5) is 4.79 Å². The normalized spacial score (nSPS) is 15.2. The van der Waals surface area contributed by atoms with Crippen LogP contribution in [-0.4, -0.2) is 71.1 Å². The molecule has 0 fully saturated rings. The fraction of sp³-hybridized carbons (Fsp3) is 0.692. The minimum atomic E-state index is -4.31. The first kappa shape index (κ1) is 22.7. The van der Waals surface area contributed by atoms with E-state index < -0.39 is 20.2 Å². The van der Waals surface area contributed by atoms with Crippen LogP contribution in [0.25, 0.3) is 0 Å². The molecular formula is C13H26N3O7P. The minimum absolute atomic E-state index is 0. The molecule has 10 nitrogen and oxygen atoms in total. The second-order valence-corrected chi connectivity index (χ2v) is 7.40. The van der Waals surface area contributed by atoms with Crippen molar-refractivity contribution in [1.82, 2.24) is 9.55 Å². The standard InChI is InChI=1S/C13H24N3O6P.H2O/c1-5-6-12(21-13(17)15-8-7-14-11-15)22-23(18,19)20-10-9-16(2,3)4;/h7-8,11-12H,5-6,9-10H2,1-4H3;1H2. The Morgan fingerprint density at radius 2 is 2.08 bits per heavy atom. The Morgan fingerprint density at radius 3 is 2.58 bits per heavy atom.